The highest BCUT2D eigenvalue weighted by Crippen LogP contribution is 2.11. The number of hydrogen-bond donors (Lipinski definition) is 1. The molecule has 23 heavy (non-hydrogen) atoms. The minimum Gasteiger partial charge on any atom is -0.497 e. The first-order chi connectivity index (χ1) is 11.1. The van der Waals surface area contributed by atoms with Gasteiger partial charge in [0.15, 0.2) is 6.10 Å². The van der Waals surface area contributed by atoms with Crippen LogP contribution in [0.1, 0.15) is 22.8 Å². The van der Waals surface area contributed by atoms with Crippen LogP contribution in [0.5, 0.6) is 5.75 Å². The summed E-state index contributed by atoms with van der Waals surface area (Å²) in [7, 11) is 1.61. The van der Waals surface area contributed by atoms with E-state index in [4.69, 9.17) is 13.9 Å². The van der Waals surface area contributed by atoms with Crippen molar-refractivity contribution in [3.8, 4) is 5.75 Å². The summed E-state index contributed by atoms with van der Waals surface area (Å²) in [5, 5.41) is 2.74. The van der Waals surface area contributed by atoms with Crippen molar-refractivity contribution in [2.45, 2.75) is 19.4 Å². The summed E-state index contributed by atoms with van der Waals surface area (Å²) in [5.41, 5.74) is 1.36. The SMILES string of the molecule is COc1ccc(CCNC(=O)[C@@H](C)OC(=O)c2ccoc2)cc1. The van der Waals surface area contributed by atoms with Crippen molar-refractivity contribution in [2.75, 3.05) is 13.7 Å². The second kappa shape index (κ2) is 8.03. The third kappa shape index (κ3) is 4.88. The fraction of sp³-hybridized carbons (Fsp3) is 0.294. The van der Waals surface area contributed by atoms with Crippen LogP contribution in [0.25, 0.3) is 0 Å². The predicted octanol–water partition coefficient (Wildman–Crippen LogP) is 2.19. The predicted molar refractivity (Wildman–Crippen MR) is 83.3 cm³/mol. The van der Waals surface area contributed by atoms with Crippen molar-refractivity contribution >= 4 is 11.9 Å². The Bertz CT molecular complexity index is 634. The van der Waals surface area contributed by atoms with Crippen molar-refractivity contribution in [3.63, 3.8) is 0 Å². The van der Waals surface area contributed by atoms with E-state index in [0.29, 0.717) is 13.0 Å². The number of rotatable bonds is 7. The minimum absolute atomic E-state index is 0.280. The van der Waals surface area contributed by atoms with Crippen LogP contribution in [0, 0.1) is 0 Å². The van der Waals surface area contributed by atoms with E-state index in [-0.39, 0.29) is 11.5 Å². The Morgan fingerprint density at radius 2 is 1.96 bits per heavy atom. The maximum Gasteiger partial charge on any atom is 0.342 e. The Morgan fingerprint density at radius 1 is 1.22 bits per heavy atom. The molecule has 2 rings (SSSR count). The van der Waals surface area contributed by atoms with Gasteiger partial charge in [-0.25, -0.2) is 4.79 Å². The van der Waals surface area contributed by atoms with Crippen molar-refractivity contribution in [1.29, 1.82) is 0 Å². The molecule has 0 aliphatic heterocycles. The first-order valence-corrected chi connectivity index (χ1v) is 7.24. The number of furan rings is 1. The van der Waals surface area contributed by atoms with Crippen LogP contribution in [0.2, 0.25) is 0 Å². The molecule has 2 aromatic rings. The molecule has 0 radical (unpaired) electrons. The van der Waals surface area contributed by atoms with Crippen LogP contribution in [-0.2, 0) is 16.0 Å². The normalized spacial score (nSPS) is 11.6. The molecular weight excluding hydrogens is 298 g/mol. The second-order valence-electron chi connectivity index (χ2n) is 4.95. The van der Waals surface area contributed by atoms with Gasteiger partial charge in [-0.05, 0) is 37.1 Å². The second-order valence-corrected chi connectivity index (χ2v) is 4.95. The van der Waals surface area contributed by atoms with Gasteiger partial charge in [0.25, 0.3) is 5.91 Å². The fourth-order valence-corrected chi connectivity index (χ4v) is 1.93. The smallest absolute Gasteiger partial charge is 0.342 e. The molecule has 122 valence electrons. The summed E-state index contributed by atoms with van der Waals surface area (Å²) in [5.74, 6) is -0.135. The molecule has 6 heteroatoms. The van der Waals surface area contributed by atoms with E-state index in [0.717, 1.165) is 11.3 Å². The molecule has 0 bridgehead atoms. The lowest BCUT2D eigenvalue weighted by Crippen LogP contribution is -2.36. The maximum absolute atomic E-state index is 11.9. The van der Waals surface area contributed by atoms with Crippen LogP contribution in [0.15, 0.2) is 47.3 Å². The number of amides is 1. The lowest BCUT2D eigenvalue weighted by atomic mass is 10.1. The van der Waals surface area contributed by atoms with Crippen LogP contribution in [-0.4, -0.2) is 31.6 Å². The zero-order valence-electron chi connectivity index (χ0n) is 13.1. The van der Waals surface area contributed by atoms with Gasteiger partial charge in [-0.15, -0.1) is 0 Å². The summed E-state index contributed by atoms with van der Waals surface area (Å²) < 4.78 is 14.9. The van der Waals surface area contributed by atoms with Gasteiger partial charge in [-0.1, -0.05) is 12.1 Å². The van der Waals surface area contributed by atoms with Crippen LogP contribution < -0.4 is 10.1 Å². The molecule has 1 atom stereocenters. The number of hydrogen-bond acceptors (Lipinski definition) is 5. The van der Waals surface area contributed by atoms with E-state index in [1.165, 1.54) is 25.5 Å². The number of carbonyl (C=O) groups excluding carboxylic acids is 2. The summed E-state index contributed by atoms with van der Waals surface area (Å²) in [6.07, 6.45) is 2.46. The number of methoxy groups -OCH3 is 1. The first-order valence-electron chi connectivity index (χ1n) is 7.24. The van der Waals surface area contributed by atoms with Gasteiger partial charge < -0.3 is 19.2 Å². The van der Waals surface area contributed by atoms with E-state index >= 15 is 0 Å². The Hall–Kier alpha value is -2.76. The van der Waals surface area contributed by atoms with Gasteiger partial charge in [0.2, 0.25) is 0 Å². The molecule has 0 saturated carbocycles. The van der Waals surface area contributed by atoms with Gasteiger partial charge in [0.05, 0.1) is 18.9 Å². The number of nitrogens with one attached hydrogen (secondary N) is 1. The quantitative estimate of drug-likeness (QED) is 0.792. The summed E-state index contributed by atoms with van der Waals surface area (Å²) in [6, 6.07) is 9.09. The zero-order chi connectivity index (χ0) is 16.7. The van der Waals surface area contributed by atoms with E-state index in [2.05, 4.69) is 5.32 Å². The Kier molecular flexibility index (Phi) is 5.80. The zero-order valence-corrected chi connectivity index (χ0v) is 13.1. The average molecular weight is 317 g/mol. The summed E-state index contributed by atoms with van der Waals surface area (Å²) in [6.45, 7) is 1.99. The minimum atomic E-state index is -0.867. The Labute approximate surface area is 134 Å². The van der Waals surface area contributed by atoms with E-state index < -0.39 is 12.1 Å². The molecule has 1 amide bonds. The molecule has 0 fully saturated rings. The van der Waals surface area contributed by atoms with Crippen molar-refractivity contribution in [1.82, 2.24) is 5.32 Å². The molecule has 6 nitrogen and oxygen atoms in total. The van der Waals surface area contributed by atoms with Gasteiger partial charge in [0.1, 0.15) is 12.0 Å². The standard InChI is InChI=1S/C17H19NO5/c1-12(23-17(20)14-8-10-22-11-14)16(19)18-9-7-13-3-5-15(21-2)6-4-13/h3-6,8,10-12H,7,9H2,1-2H3,(H,18,19)/t12-/m1/s1. The molecular formula is C17H19NO5. The molecule has 0 spiro atoms. The average Bonchev–Trinajstić information content (AvgIpc) is 3.10. The molecule has 1 aromatic carbocycles. The lowest BCUT2D eigenvalue weighted by Gasteiger charge is -2.13. The molecule has 0 aliphatic carbocycles. The lowest BCUT2D eigenvalue weighted by molar-refractivity contribution is -0.129. The summed E-state index contributed by atoms with van der Waals surface area (Å²) >= 11 is 0. The largest absolute Gasteiger partial charge is 0.497 e. The topological polar surface area (TPSA) is 77.8 Å². The molecule has 0 aliphatic rings. The van der Waals surface area contributed by atoms with Gasteiger partial charge in [-0.3, -0.25) is 4.79 Å². The molecule has 0 unspecified atom stereocenters. The Morgan fingerprint density at radius 3 is 2.57 bits per heavy atom. The third-order valence-corrected chi connectivity index (χ3v) is 3.28. The number of benzene rings is 1. The maximum atomic E-state index is 11.9. The molecule has 1 aromatic heterocycles. The first kappa shape index (κ1) is 16.6. The highest BCUT2D eigenvalue weighted by molar-refractivity contribution is 5.91. The number of esters is 1. The fourth-order valence-electron chi connectivity index (χ4n) is 1.93. The van der Waals surface area contributed by atoms with Crippen LogP contribution >= 0.6 is 0 Å². The van der Waals surface area contributed by atoms with Gasteiger partial charge >= 0.3 is 5.97 Å². The Balaban J connectivity index is 1.74. The van der Waals surface area contributed by atoms with Crippen LogP contribution in [0.4, 0.5) is 0 Å². The number of ether oxygens (including phenoxy) is 2. The monoisotopic (exact) mass is 317 g/mol. The van der Waals surface area contributed by atoms with E-state index in [1.54, 1.807) is 7.11 Å². The molecule has 0 saturated heterocycles. The highest BCUT2D eigenvalue weighted by atomic mass is 16.5. The van der Waals surface area contributed by atoms with Crippen molar-refractivity contribution in [2.24, 2.45) is 0 Å². The van der Waals surface area contributed by atoms with E-state index in [9.17, 15) is 9.59 Å². The molecule has 1 heterocycles. The van der Waals surface area contributed by atoms with Crippen molar-refractivity contribution in [3.05, 3.63) is 54.0 Å². The van der Waals surface area contributed by atoms with Gasteiger partial charge in [0, 0.05) is 6.54 Å². The van der Waals surface area contributed by atoms with E-state index in [1.807, 2.05) is 24.3 Å². The van der Waals surface area contributed by atoms with Crippen molar-refractivity contribution < 1.29 is 23.5 Å². The number of carbonyl (C=O) groups is 2. The molecule has 1 N–H and O–H groups in total. The highest BCUT2D eigenvalue weighted by Gasteiger charge is 2.19. The van der Waals surface area contributed by atoms with Crippen LogP contribution in [0.3, 0.4) is 0 Å². The third-order valence-electron chi connectivity index (χ3n) is 3.28. The van der Waals surface area contributed by atoms with Gasteiger partial charge in [-0.2, -0.15) is 0 Å². The summed E-state index contributed by atoms with van der Waals surface area (Å²) in [4.78, 5) is 23.6.